The Morgan fingerprint density at radius 3 is 2.64 bits per heavy atom. The van der Waals surface area contributed by atoms with Gasteiger partial charge in [-0.3, -0.25) is 19.2 Å². The van der Waals surface area contributed by atoms with E-state index in [9.17, 15) is 19.2 Å². The van der Waals surface area contributed by atoms with Gasteiger partial charge in [-0.1, -0.05) is 35.3 Å². The van der Waals surface area contributed by atoms with Gasteiger partial charge in [-0.2, -0.15) is 0 Å². The summed E-state index contributed by atoms with van der Waals surface area (Å²) in [6.07, 6.45) is 2.50. The second-order valence-corrected chi connectivity index (χ2v) is 12.0. The van der Waals surface area contributed by atoms with E-state index in [2.05, 4.69) is 5.32 Å². The third kappa shape index (κ3) is 5.55. The molecule has 3 saturated heterocycles. The molecule has 206 valence electrons. The zero-order chi connectivity index (χ0) is 27.7. The summed E-state index contributed by atoms with van der Waals surface area (Å²) < 4.78 is 5.46. The van der Waals surface area contributed by atoms with Gasteiger partial charge in [0, 0.05) is 23.7 Å². The molecule has 2 aromatic rings. The zero-order valence-electron chi connectivity index (χ0n) is 21.0. The average Bonchev–Trinajstić information content (AvgIpc) is 3.45. The monoisotopic (exact) mass is 590 g/mol. The SMILES string of the molecule is NC(=O)C1CCS[C@H]2C[C@]3(CCCN3C(=O)Cc3ccc(NC(=O)COc4ccc(Cl)cc4Cl)cc3)C(=O)N12. The second kappa shape index (κ2) is 11.3. The summed E-state index contributed by atoms with van der Waals surface area (Å²) in [6, 6.07) is 11.1. The number of carbonyl (C=O) groups is 4. The van der Waals surface area contributed by atoms with Crippen LogP contribution in [-0.2, 0) is 25.6 Å². The fourth-order valence-electron chi connectivity index (χ4n) is 5.65. The largest absolute Gasteiger partial charge is 0.482 e. The van der Waals surface area contributed by atoms with E-state index in [1.54, 1.807) is 58.0 Å². The molecule has 3 fully saturated rings. The number of likely N-dealkylation sites (tertiary alicyclic amines) is 1. The van der Waals surface area contributed by atoms with Crippen LogP contribution in [0.5, 0.6) is 5.75 Å². The van der Waals surface area contributed by atoms with Gasteiger partial charge in [0.15, 0.2) is 6.61 Å². The zero-order valence-corrected chi connectivity index (χ0v) is 23.4. The van der Waals surface area contributed by atoms with Gasteiger partial charge in [0.05, 0.1) is 16.8 Å². The van der Waals surface area contributed by atoms with Crippen molar-refractivity contribution in [2.24, 2.45) is 5.73 Å². The Morgan fingerprint density at radius 1 is 1.15 bits per heavy atom. The van der Waals surface area contributed by atoms with Crippen LogP contribution in [0.3, 0.4) is 0 Å². The Balaban J connectivity index is 1.19. The highest BCUT2D eigenvalue weighted by Crippen LogP contribution is 2.48. The van der Waals surface area contributed by atoms with Crippen LogP contribution < -0.4 is 15.8 Å². The first-order valence-corrected chi connectivity index (χ1v) is 14.5. The van der Waals surface area contributed by atoms with Gasteiger partial charge >= 0.3 is 0 Å². The number of nitrogens with two attached hydrogens (primary N) is 1. The molecule has 3 atom stereocenters. The number of fused-ring (bicyclic) bond motifs is 1. The molecule has 3 N–H and O–H groups in total. The minimum atomic E-state index is -0.909. The average molecular weight is 592 g/mol. The van der Waals surface area contributed by atoms with E-state index in [0.29, 0.717) is 47.3 Å². The lowest BCUT2D eigenvalue weighted by Gasteiger charge is -2.36. The Hall–Kier alpha value is -2.95. The number of ether oxygens (including phenoxy) is 1. The lowest BCUT2D eigenvalue weighted by Crippen LogP contribution is -2.57. The molecular formula is C27H28Cl2N4O5S. The Bertz CT molecular complexity index is 1310. The number of amides is 4. The lowest BCUT2D eigenvalue weighted by atomic mass is 9.93. The molecule has 1 spiro atoms. The number of nitrogens with one attached hydrogen (secondary N) is 1. The molecule has 0 bridgehead atoms. The highest BCUT2D eigenvalue weighted by Gasteiger charge is 2.61. The van der Waals surface area contributed by atoms with Crippen LogP contribution in [0.15, 0.2) is 42.5 Å². The first kappa shape index (κ1) is 27.6. The maximum atomic E-state index is 13.6. The molecule has 0 aliphatic carbocycles. The molecular weight excluding hydrogens is 563 g/mol. The number of thioether (sulfide) groups is 1. The smallest absolute Gasteiger partial charge is 0.262 e. The normalized spacial score (nSPS) is 24.1. The van der Waals surface area contributed by atoms with Crippen LogP contribution in [0.2, 0.25) is 10.0 Å². The van der Waals surface area contributed by atoms with Crippen LogP contribution in [0.4, 0.5) is 5.69 Å². The second-order valence-electron chi connectivity index (χ2n) is 9.91. The number of benzene rings is 2. The molecule has 0 aromatic heterocycles. The molecule has 2 aromatic carbocycles. The van der Waals surface area contributed by atoms with Crippen LogP contribution in [0.25, 0.3) is 0 Å². The maximum absolute atomic E-state index is 13.6. The summed E-state index contributed by atoms with van der Waals surface area (Å²) >= 11 is 13.6. The van der Waals surface area contributed by atoms with E-state index in [0.717, 1.165) is 17.7 Å². The number of hydrogen-bond donors (Lipinski definition) is 2. The van der Waals surface area contributed by atoms with E-state index in [4.69, 9.17) is 33.7 Å². The van der Waals surface area contributed by atoms with Crippen molar-refractivity contribution in [3.63, 3.8) is 0 Å². The van der Waals surface area contributed by atoms with Gasteiger partial charge < -0.3 is 25.6 Å². The summed E-state index contributed by atoms with van der Waals surface area (Å²) in [4.78, 5) is 54.7. The van der Waals surface area contributed by atoms with E-state index in [1.807, 2.05) is 0 Å². The summed E-state index contributed by atoms with van der Waals surface area (Å²) in [7, 11) is 0. The fourth-order valence-corrected chi connectivity index (χ4v) is 7.54. The van der Waals surface area contributed by atoms with Crippen molar-refractivity contribution in [3.8, 4) is 5.75 Å². The molecule has 12 heteroatoms. The first-order valence-electron chi connectivity index (χ1n) is 12.7. The summed E-state index contributed by atoms with van der Waals surface area (Å²) in [5.41, 5.74) is 6.00. The highest BCUT2D eigenvalue weighted by molar-refractivity contribution is 7.99. The predicted molar refractivity (Wildman–Crippen MR) is 150 cm³/mol. The fraction of sp³-hybridized carbons (Fsp3) is 0.407. The predicted octanol–water partition coefficient (Wildman–Crippen LogP) is 3.46. The molecule has 3 heterocycles. The molecule has 3 aliphatic rings. The quantitative estimate of drug-likeness (QED) is 0.509. The molecule has 4 amide bonds. The third-order valence-electron chi connectivity index (χ3n) is 7.46. The van der Waals surface area contributed by atoms with Gasteiger partial charge in [0.1, 0.15) is 17.3 Å². The Labute approximate surface area is 240 Å². The summed E-state index contributed by atoms with van der Waals surface area (Å²) in [6.45, 7) is 0.266. The third-order valence-corrected chi connectivity index (χ3v) is 9.24. The highest BCUT2D eigenvalue weighted by atomic mass is 35.5. The van der Waals surface area contributed by atoms with Crippen molar-refractivity contribution in [3.05, 3.63) is 58.1 Å². The van der Waals surface area contributed by atoms with Gasteiger partial charge in [-0.15, -0.1) is 11.8 Å². The number of primary amides is 1. The van der Waals surface area contributed by atoms with E-state index in [-0.39, 0.29) is 36.1 Å². The van der Waals surface area contributed by atoms with Crippen molar-refractivity contribution in [1.82, 2.24) is 9.80 Å². The topological polar surface area (TPSA) is 122 Å². The summed E-state index contributed by atoms with van der Waals surface area (Å²) in [5, 5.41) is 3.39. The van der Waals surface area contributed by atoms with Crippen molar-refractivity contribution in [2.75, 3.05) is 24.2 Å². The van der Waals surface area contributed by atoms with Gasteiger partial charge in [0.25, 0.3) is 5.91 Å². The molecule has 39 heavy (non-hydrogen) atoms. The van der Waals surface area contributed by atoms with Crippen molar-refractivity contribution < 1.29 is 23.9 Å². The van der Waals surface area contributed by atoms with Crippen LogP contribution in [0.1, 0.15) is 31.2 Å². The van der Waals surface area contributed by atoms with Gasteiger partial charge in [0.2, 0.25) is 17.7 Å². The van der Waals surface area contributed by atoms with Crippen LogP contribution in [0, 0.1) is 0 Å². The minimum Gasteiger partial charge on any atom is -0.482 e. The van der Waals surface area contributed by atoms with Crippen molar-refractivity contribution in [1.29, 1.82) is 0 Å². The van der Waals surface area contributed by atoms with E-state index < -0.39 is 17.5 Å². The first-order chi connectivity index (χ1) is 18.7. The number of hydrogen-bond acceptors (Lipinski definition) is 6. The maximum Gasteiger partial charge on any atom is 0.262 e. The number of anilines is 1. The molecule has 3 aliphatic heterocycles. The lowest BCUT2D eigenvalue weighted by molar-refractivity contribution is -0.148. The van der Waals surface area contributed by atoms with E-state index in [1.165, 1.54) is 6.07 Å². The summed E-state index contributed by atoms with van der Waals surface area (Å²) in [5.74, 6) is -0.0388. The number of nitrogens with zero attached hydrogens (tertiary/aromatic N) is 2. The van der Waals surface area contributed by atoms with E-state index >= 15 is 0 Å². The van der Waals surface area contributed by atoms with Crippen molar-refractivity contribution >= 4 is 64.3 Å². The Kier molecular flexibility index (Phi) is 7.98. The standard InChI is InChI=1S/C27H28Cl2N4O5S/c28-17-4-7-21(19(29)13-17)38-15-22(34)31-18-5-2-16(3-6-18)12-23(35)32-10-1-9-27(32)14-24-33(26(27)37)20(25(30)36)8-11-39-24/h2-7,13,20,24H,1,8-12,14-15H2,(H2,30,36)(H,31,34)/t20?,24-,27+/m0/s1. The number of rotatable bonds is 7. The number of halogens is 2. The van der Waals surface area contributed by atoms with Crippen LogP contribution in [-0.4, -0.2) is 69.3 Å². The molecule has 9 nitrogen and oxygen atoms in total. The Morgan fingerprint density at radius 2 is 1.92 bits per heavy atom. The molecule has 5 rings (SSSR count). The van der Waals surface area contributed by atoms with Crippen molar-refractivity contribution in [2.45, 2.75) is 49.1 Å². The van der Waals surface area contributed by atoms with Crippen LogP contribution >= 0.6 is 35.0 Å². The number of carbonyl (C=O) groups excluding carboxylic acids is 4. The van der Waals surface area contributed by atoms with Gasteiger partial charge in [-0.25, -0.2) is 0 Å². The minimum absolute atomic E-state index is 0.124. The van der Waals surface area contributed by atoms with Gasteiger partial charge in [-0.05, 0) is 60.9 Å². The molecule has 1 unspecified atom stereocenters. The molecule has 0 saturated carbocycles. The molecule has 0 radical (unpaired) electrons.